The molecule has 1 saturated heterocycles. The second kappa shape index (κ2) is 8.53. The van der Waals surface area contributed by atoms with Crippen LogP contribution in [0, 0.1) is 0 Å². The van der Waals surface area contributed by atoms with Crippen molar-refractivity contribution < 1.29 is 17.9 Å². The maximum Gasteiger partial charge on any atom is 0.257 e. The van der Waals surface area contributed by atoms with Crippen LogP contribution < -0.4 is 5.32 Å². The fraction of sp³-hybridized carbons (Fsp3) is 0.231. The molecule has 3 aromatic carbocycles. The van der Waals surface area contributed by atoms with Crippen LogP contribution in [0.15, 0.2) is 65.6 Å². The topological polar surface area (TPSA) is 88.6 Å². The monoisotopic (exact) mass is 505 g/mol. The van der Waals surface area contributed by atoms with Crippen LogP contribution in [0.5, 0.6) is 0 Å². The van der Waals surface area contributed by atoms with E-state index in [0.29, 0.717) is 23.8 Å². The molecular weight excluding hydrogens is 482 g/mol. The quantitative estimate of drug-likeness (QED) is 0.351. The predicted octanol–water partition coefficient (Wildman–Crippen LogP) is 5.00. The number of carbonyl (C=O) groups excluding carboxylic acids is 1. The van der Waals surface area contributed by atoms with Gasteiger partial charge in [0.25, 0.3) is 5.91 Å². The summed E-state index contributed by atoms with van der Waals surface area (Å²) in [5.41, 5.74) is 3.45. The maximum atomic E-state index is 12.9. The molecule has 2 aliphatic rings. The molecule has 35 heavy (non-hydrogen) atoms. The molecule has 1 fully saturated rings. The van der Waals surface area contributed by atoms with Gasteiger partial charge in [0.05, 0.1) is 21.6 Å². The van der Waals surface area contributed by atoms with E-state index in [1.807, 2.05) is 12.1 Å². The van der Waals surface area contributed by atoms with Gasteiger partial charge in [0, 0.05) is 36.9 Å². The highest BCUT2D eigenvalue weighted by atomic mass is 32.2. The second-order valence-electron chi connectivity index (χ2n) is 8.81. The summed E-state index contributed by atoms with van der Waals surface area (Å²) in [6.07, 6.45) is 1.74. The number of benzene rings is 3. The number of hydrogen-bond acceptors (Lipinski definition) is 6. The molecule has 178 valence electrons. The Hall–Kier alpha value is -3.11. The standard InChI is InChI=1S/C26H23N3O4S2/c1-29(15-18-7-4-14-33-18)35(31,32)19-12-10-17(11-13-19)25(30)28-26-27-23-20-8-2-5-16-6-3-9-21(22(16)20)24(23)34-26/h2-3,5-6,8-13,18H,4,7,14-15H2,1H3,(H,27,28,30). The largest absolute Gasteiger partial charge is 0.377 e. The second-order valence-corrected chi connectivity index (χ2v) is 11.8. The number of nitrogens with zero attached hydrogens (tertiary/aromatic N) is 2. The average Bonchev–Trinajstić information content (AvgIpc) is 3.58. The number of carbonyl (C=O) groups is 1. The van der Waals surface area contributed by atoms with E-state index in [9.17, 15) is 13.2 Å². The number of ether oxygens (including phenoxy) is 1. The van der Waals surface area contributed by atoms with E-state index in [-0.39, 0.29) is 16.9 Å². The number of likely N-dealkylation sites (N-methyl/N-ethyl adjacent to an activating group) is 1. The first-order chi connectivity index (χ1) is 16.9. The molecule has 1 amide bonds. The molecule has 7 nitrogen and oxygen atoms in total. The van der Waals surface area contributed by atoms with Gasteiger partial charge in [-0.15, -0.1) is 0 Å². The van der Waals surface area contributed by atoms with Crippen LogP contribution >= 0.6 is 11.3 Å². The molecular formula is C26H23N3O4S2. The fourth-order valence-corrected chi connectivity index (χ4v) is 6.98. The zero-order valence-electron chi connectivity index (χ0n) is 19.0. The number of aromatic nitrogens is 1. The van der Waals surface area contributed by atoms with E-state index in [1.165, 1.54) is 50.7 Å². The van der Waals surface area contributed by atoms with Crippen LogP contribution in [-0.4, -0.2) is 49.9 Å². The molecule has 1 aliphatic heterocycles. The lowest BCUT2D eigenvalue weighted by Gasteiger charge is -2.20. The Bertz CT molecular complexity index is 1500. The number of anilines is 1. The molecule has 0 bridgehead atoms. The lowest BCUT2D eigenvalue weighted by Crippen LogP contribution is -2.34. The summed E-state index contributed by atoms with van der Waals surface area (Å²) in [7, 11) is -2.11. The molecule has 1 N–H and O–H groups in total. The van der Waals surface area contributed by atoms with Gasteiger partial charge >= 0.3 is 0 Å². The maximum absolute atomic E-state index is 12.9. The normalized spacial score (nSPS) is 16.7. The summed E-state index contributed by atoms with van der Waals surface area (Å²) in [5, 5.41) is 5.76. The van der Waals surface area contributed by atoms with E-state index < -0.39 is 10.0 Å². The summed E-state index contributed by atoms with van der Waals surface area (Å²) in [5.74, 6) is -0.333. The SMILES string of the molecule is CN(CC1CCCO1)S(=O)(=O)c1ccc(C(=O)Nc2nc3c(s2)-c2cccc4cccc-3c24)cc1. The third kappa shape index (κ3) is 3.84. The molecule has 9 heteroatoms. The van der Waals surface area contributed by atoms with Crippen LogP contribution in [0.4, 0.5) is 5.13 Å². The van der Waals surface area contributed by atoms with Crippen molar-refractivity contribution in [3.05, 3.63) is 66.2 Å². The minimum atomic E-state index is -3.66. The highest BCUT2D eigenvalue weighted by Gasteiger charge is 2.28. The van der Waals surface area contributed by atoms with Crippen molar-refractivity contribution in [2.75, 3.05) is 25.5 Å². The van der Waals surface area contributed by atoms with Gasteiger partial charge in [-0.05, 0) is 47.9 Å². The molecule has 1 aromatic heterocycles. The van der Waals surface area contributed by atoms with Crippen LogP contribution in [-0.2, 0) is 14.8 Å². The summed E-state index contributed by atoms with van der Waals surface area (Å²) in [6.45, 7) is 0.989. The predicted molar refractivity (Wildman–Crippen MR) is 137 cm³/mol. The van der Waals surface area contributed by atoms with E-state index >= 15 is 0 Å². The summed E-state index contributed by atoms with van der Waals surface area (Å²) in [4.78, 5) is 18.8. The van der Waals surface area contributed by atoms with Gasteiger partial charge < -0.3 is 4.74 Å². The van der Waals surface area contributed by atoms with Gasteiger partial charge in [-0.25, -0.2) is 13.4 Å². The van der Waals surface area contributed by atoms with Crippen LogP contribution in [0.25, 0.3) is 32.5 Å². The van der Waals surface area contributed by atoms with E-state index in [0.717, 1.165) is 34.5 Å². The molecule has 0 saturated carbocycles. The Labute approximate surface area is 207 Å². The van der Waals surface area contributed by atoms with Crippen molar-refractivity contribution in [2.24, 2.45) is 0 Å². The van der Waals surface area contributed by atoms with Gasteiger partial charge in [0.1, 0.15) is 0 Å². The Morgan fingerprint density at radius 3 is 2.57 bits per heavy atom. The lowest BCUT2D eigenvalue weighted by atomic mass is 10.0. The molecule has 1 atom stereocenters. The number of fused-ring (bicyclic) bond motifs is 3. The highest BCUT2D eigenvalue weighted by Crippen LogP contribution is 2.50. The highest BCUT2D eigenvalue weighted by molar-refractivity contribution is 7.89. The minimum absolute atomic E-state index is 0.0707. The Morgan fingerprint density at radius 2 is 1.86 bits per heavy atom. The van der Waals surface area contributed by atoms with Crippen molar-refractivity contribution in [3.8, 4) is 21.7 Å². The number of hydrogen-bond donors (Lipinski definition) is 1. The molecule has 6 rings (SSSR count). The van der Waals surface area contributed by atoms with Crippen molar-refractivity contribution >= 4 is 43.2 Å². The van der Waals surface area contributed by atoms with Gasteiger partial charge in [-0.1, -0.05) is 47.7 Å². The van der Waals surface area contributed by atoms with Crippen molar-refractivity contribution in [1.82, 2.24) is 9.29 Å². The zero-order chi connectivity index (χ0) is 24.2. The zero-order valence-corrected chi connectivity index (χ0v) is 20.7. The summed E-state index contributed by atoms with van der Waals surface area (Å²) in [6, 6.07) is 18.3. The number of sulfonamides is 1. The lowest BCUT2D eigenvalue weighted by molar-refractivity contribution is 0.0979. The van der Waals surface area contributed by atoms with Crippen molar-refractivity contribution in [1.29, 1.82) is 0 Å². The fourth-order valence-electron chi connectivity index (χ4n) is 4.77. The summed E-state index contributed by atoms with van der Waals surface area (Å²) < 4.78 is 32.7. The van der Waals surface area contributed by atoms with Crippen LogP contribution in [0.2, 0.25) is 0 Å². The van der Waals surface area contributed by atoms with Gasteiger partial charge in [-0.3, -0.25) is 10.1 Å². The Balaban J connectivity index is 1.19. The minimum Gasteiger partial charge on any atom is -0.377 e. The Morgan fingerprint density at radius 1 is 1.11 bits per heavy atom. The van der Waals surface area contributed by atoms with Crippen molar-refractivity contribution in [3.63, 3.8) is 0 Å². The first-order valence-electron chi connectivity index (χ1n) is 11.4. The number of amides is 1. The van der Waals surface area contributed by atoms with Gasteiger partial charge in [0.2, 0.25) is 10.0 Å². The van der Waals surface area contributed by atoms with Crippen LogP contribution in [0.1, 0.15) is 23.2 Å². The molecule has 0 radical (unpaired) electrons. The smallest absolute Gasteiger partial charge is 0.257 e. The van der Waals surface area contributed by atoms with E-state index in [1.54, 1.807) is 7.05 Å². The molecule has 1 aliphatic carbocycles. The molecule has 2 heterocycles. The van der Waals surface area contributed by atoms with Crippen molar-refractivity contribution in [2.45, 2.75) is 23.8 Å². The van der Waals surface area contributed by atoms with E-state index in [2.05, 4.69) is 29.6 Å². The van der Waals surface area contributed by atoms with Crippen LogP contribution in [0.3, 0.4) is 0 Å². The molecule has 1 unspecified atom stereocenters. The average molecular weight is 506 g/mol. The van der Waals surface area contributed by atoms with Gasteiger partial charge in [0.15, 0.2) is 5.13 Å². The first-order valence-corrected chi connectivity index (χ1v) is 13.7. The number of thiazole rings is 1. The third-order valence-electron chi connectivity index (χ3n) is 6.56. The number of nitrogens with one attached hydrogen (secondary N) is 1. The Kier molecular flexibility index (Phi) is 5.45. The van der Waals surface area contributed by atoms with E-state index in [4.69, 9.17) is 9.72 Å². The number of rotatable bonds is 6. The third-order valence-corrected chi connectivity index (χ3v) is 9.40. The van der Waals surface area contributed by atoms with Gasteiger partial charge in [-0.2, -0.15) is 4.31 Å². The first kappa shape index (κ1) is 22.4. The summed E-state index contributed by atoms with van der Waals surface area (Å²) >= 11 is 1.44. The molecule has 4 aromatic rings. The molecule has 0 spiro atoms.